The average molecular weight is 451 g/mol. The molecular formula is C26H24Cl2N2O. The van der Waals surface area contributed by atoms with E-state index in [9.17, 15) is 4.79 Å². The maximum absolute atomic E-state index is 12.7. The van der Waals surface area contributed by atoms with E-state index >= 15 is 0 Å². The lowest BCUT2D eigenvalue weighted by Gasteiger charge is -2.39. The summed E-state index contributed by atoms with van der Waals surface area (Å²) in [6.45, 7) is 2.97. The summed E-state index contributed by atoms with van der Waals surface area (Å²) in [5.41, 5.74) is 3.20. The van der Waals surface area contributed by atoms with Crippen molar-refractivity contribution in [1.29, 1.82) is 0 Å². The first kappa shape index (κ1) is 21.6. The number of nitrogens with zero attached hydrogens (tertiary/aromatic N) is 2. The van der Waals surface area contributed by atoms with Crippen molar-refractivity contribution in [2.24, 2.45) is 0 Å². The van der Waals surface area contributed by atoms with Gasteiger partial charge in [-0.2, -0.15) is 0 Å². The van der Waals surface area contributed by atoms with Gasteiger partial charge in [-0.25, -0.2) is 0 Å². The fourth-order valence-corrected chi connectivity index (χ4v) is 4.54. The first-order chi connectivity index (χ1) is 15.1. The largest absolute Gasteiger partial charge is 0.337 e. The minimum Gasteiger partial charge on any atom is -0.337 e. The highest BCUT2D eigenvalue weighted by atomic mass is 35.5. The van der Waals surface area contributed by atoms with Crippen LogP contribution >= 0.6 is 23.2 Å². The summed E-state index contributed by atoms with van der Waals surface area (Å²) >= 11 is 12.4. The molecule has 4 rings (SSSR count). The Bertz CT molecular complexity index is 986. The van der Waals surface area contributed by atoms with Crippen molar-refractivity contribution in [2.45, 2.75) is 6.04 Å². The van der Waals surface area contributed by atoms with E-state index in [0.29, 0.717) is 28.7 Å². The number of rotatable bonds is 5. The summed E-state index contributed by atoms with van der Waals surface area (Å²) in [4.78, 5) is 17.1. The zero-order chi connectivity index (χ0) is 21.6. The van der Waals surface area contributed by atoms with E-state index in [-0.39, 0.29) is 11.9 Å². The van der Waals surface area contributed by atoms with Crippen LogP contribution in [-0.4, -0.2) is 41.9 Å². The van der Waals surface area contributed by atoms with E-state index in [1.165, 1.54) is 11.1 Å². The lowest BCUT2D eigenvalue weighted by Crippen LogP contribution is -2.49. The number of amides is 1. The molecule has 1 amide bonds. The molecule has 3 aromatic carbocycles. The molecule has 0 spiro atoms. The smallest absolute Gasteiger partial charge is 0.246 e. The van der Waals surface area contributed by atoms with Crippen LogP contribution < -0.4 is 0 Å². The summed E-state index contributed by atoms with van der Waals surface area (Å²) in [5, 5.41) is 1.07. The Morgan fingerprint density at radius 1 is 0.742 bits per heavy atom. The summed E-state index contributed by atoms with van der Waals surface area (Å²) in [6.07, 6.45) is 3.27. The molecule has 0 radical (unpaired) electrons. The van der Waals surface area contributed by atoms with E-state index < -0.39 is 0 Å². The topological polar surface area (TPSA) is 23.6 Å². The fraction of sp³-hybridized carbons (Fsp3) is 0.192. The zero-order valence-corrected chi connectivity index (χ0v) is 18.6. The normalized spacial score (nSPS) is 15.0. The predicted octanol–water partition coefficient (Wildman–Crippen LogP) is 5.94. The average Bonchev–Trinajstić information content (AvgIpc) is 2.81. The van der Waals surface area contributed by atoms with Gasteiger partial charge in [0.05, 0.1) is 6.04 Å². The SMILES string of the molecule is O=C(/C=C/c1c(Cl)cccc1Cl)N1CCN(C(c2ccccc2)c2ccccc2)CC1. The third kappa shape index (κ3) is 5.19. The van der Waals surface area contributed by atoms with Crippen molar-refractivity contribution >= 4 is 35.2 Å². The molecule has 3 nitrogen and oxygen atoms in total. The highest BCUT2D eigenvalue weighted by Crippen LogP contribution is 2.30. The molecule has 1 heterocycles. The van der Waals surface area contributed by atoms with E-state index in [1.807, 2.05) is 17.0 Å². The second-order valence-corrected chi connectivity index (χ2v) is 8.37. The lowest BCUT2D eigenvalue weighted by molar-refractivity contribution is -0.127. The summed E-state index contributed by atoms with van der Waals surface area (Å²) in [6, 6.07) is 26.6. The molecule has 0 aromatic heterocycles. The van der Waals surface area contributed by atoms with Crippen LogP contribution in [0.15, 0.2) is 84.9 Å². The number of piperazine rings is 1. The van der Waals surface area contributed by atoms with E-state index in [1.54, 1.807) is 30.4 Å². The minimum absolute atomic E-state index is 0.0217. The number of halogens is 2. The van der Waals surface area contributed by atoms with Crippen LogP contribution in [0.5, 0.6) is 0 Å². The molecule has 0 saturated carbocycles. The summed E-state index contributed by atoms with van der Waals surface area (Å²) in [5.74, 6) is -0.0217. The van der Waals surface area contributed by atoms with Gasteiger partial charge in [-0.05, 0) is 29.3 Å². The van der Waals surface area contributed by atoms with Crippen molar-refractivity contribution in [2.75, 3.05) is 26.2 Å². The van der Waals surface area contributed by atoms with E-state index in [2.05, 4.69) is 53.4 Å². The van der Waals surface area contributed by atoms with Gasteiger partial charge >= 0.3 is 0 Å². The predicted molar refractivity (Wildman–Crippen MR) is 128 cm³/mol. The van der Waals surface area contributed by atoms with Gasteiger partial charge < -0.3 is 4.90 Å². The van der Waals surface area contributed by atoms with E-state index in [0.717, 1.165) is 13.1 Å². The lowest BCUT2D eigenvalue weighted by atomic mass is 9.96. The van der Waals surface area contributed by atoms with Gasteiger partial charge in [-0.1, -0.05) is 89.9 Å². The van der Waals surface area contributed by atoms with Crippen LogP contribution in [-0.2, 0) is 4.79 Å². The molecule has 5 heteroatoms. The van der Waals surface area contributed by atoms with Gasteiger partial charge in [-0.3, -0.25) is 9.69 Å². The maximum atomic E-state index is 12.7. The molecule has 0 unspecified atom stereocenters. The van der Waals surface area contributed by atoms with Gasteiger partial charge in [-0.15, -0.1) is 0 Å². The number of hydrogen-bond acceptors (Lipinski definition) is 2. The standard InChI is InChI=1S/C26H24Cl2N2O/c27-23-12-7-13-24(28)22(23)14-15-25(31)29-16-18-30(19-17-29)26(20-8-3-1-4-9-20)21-10-5-2-6-11-21/h1-15,26H,16-19H2/b15-14+. The molecule has 1 aliphatic rings. The van der Waals surface area contributed by atoms with Crippen molar-refractivity contribution in [1.82, 2.24) is 9.80 Å². The quantitative estimate of drug-likeness (QED) is 0.449. The molecule has 1 aliphatic heterocycles. The molecule has 158 valence electrons. The monoisotopic (exact) mass is 450 g/mol. The van der Waals surface area contributed by atoms with Crippen molar-refractivity contribution < 1.29 is 4.79 Å². The molecule has 31 heavy (non-hydrogen) atoms. The second-order valence-electron chi connectivity index (χ2n) is 7.55. The molecule has 0 aliphatic carbocycles. The number of hydrogen-bond donors (Lipinski definition) is 0. The van der Waals surface area contributed by atoms with Crippen LogP contribution in [0.4, 0.5) is 0 Å². The summed E-state index contributed by atoms with van der Waals surface area (Å²) in [7, 11) is 0. The Labute approximate surface area is 193 Å². The fourth-order valence-electron chi connectivity index (χ4n) is 4.02. The molecule has 0 atom stereocenters. The highest BCUT2D eigenvalue weighted by Gasteiger charge is 2.27. The zero-order valence-electron chi connectivity index (χ0n) is 17.1. The Morgan fingerprint density at radius 3 is 1.77 bits per heavy atom. The van der Waals surface area contributed by atoms with Crippen LogP contribution in [0, 0.1) is 0 Å². The second kappa shape index (κ2) is 10.1. The van der Waals surface area contributed by atoms with Gasteiger partial charge in [0.15, 0.2) is 0 Å². The van der Waals surface area contributed by atoms with Crippen LogP contribution in [0.2, 0.25) is 10.0 Å². The third-order valence-corrected chi connectivity index (χ3v) is 6.27. The van der Waals surface area contributed by atoms with Gasteiger partial charge in [0, 0.05) is 47.9 Å². The van der Waals surface area contributed by atoms with Crippen molar-refractivity contribution in [3.8, 4) is 0 Å². The number of carbonyl (C=O) groups excluding carboxylic acids is 1. The Kier molecular flexibility index (Phi) is 7.08. The maximum Gasteiger partial charge on any atom is 0.246 e. The van der Waals surface area contributed by atoms with Crippen LogP contribution in [0.3, 0.4) is 0 Å². The minimum atomic E-state index is -0.0217. The Hall–Kier alpha value is -2.59. The van der Waals surface area contributed by atoms with Gasteiger partial charge in [0.1, 0.15) is 0 Å². The molecule has 1 fully saturated rings. The number of benzene rings is 3. The van der Waals surface area contributed by atoms with E-state index in [4.69, 9.17) is 23.2 Å². The molecule has 1 saturated heterocycles. The van der Waals surface area contributed by atoms with Gasteiger partial charge in [0.25, 0.3) is 0 Å². The van der Waals surface area contributed by atoms with Crippen LogP contribution in [0.1, 0.15) is 22.7 Å². The van der Waals surface area contributed by atoms with Gasteiger partial charge in [0.2, 0.25) is 5.91 Å². The molecular weight excluding hydrogens is 427 g/mol. The Morgan fingerprint density at radius 2 is 1.26 bits per heavy atom. The molecule has 0 bridgehead atoms. The number of carbonyl (C=O) groups is 1. The highest BCUT2D eigenvalue weighted by molar-refractivity contribution is 6.37. The molecule has 3 aromatic rings. The van der Waals surface area contributed by atoms with Crippen molar-refractivity contribution in [3.05, 3.63) is 112 Å². The Balaban J connectivity index is 1.45. The van der Waals surface area contributed by atoms with Crippen LogP contribution in [0.25, 0.3) is 6.08 Å². The first-order valence-corrected chi connectivity index (χ1v) is 11.1. The van der Waals surface area contributed by atoms with Crippen molar-refractivity contribution in [3.63, 3.8) is 0 Å². The third-order valence-electron chi connectivity index (χ3n) is 5.61. The first-order valence-electron chi connectivity index (χ1n) is 10.4. The summed E-state index contributed by atoms with van der Waals surface area (Å²) < 4.78 is 0. The molecule has 0 N–H and O–H groups in total.